The third kappa shape index (κ3) is 5.46. The molecule has 0 radical (unpaired) electrons. The summed E-state index contributed by atoms with van der Waals surface area (Å²) in [6, 6.07) is 16.5. The lowest BCUT2D eigenvalue weighted by Gasteiger charge is -2.27. The van der Waals surface area contributed by atoms with Gasteiger partial charge in [-0.3, -0.25) is 19.2 Å². The molecule has 0 bridgehead atoms. The summed E-state index contributed by atoms with van der Waals surface area (Å²) in [5.74, 6) is -3.22. The maximum absolute atomic E-state index is 13.4. The van der Waals surface area contributed by atoms with Gasteiger partial charge in [-0.05, 0) is 35.7 Å². The predicted molar refractivity (Wildman–Crippen MR) is 125 cm³/mol. The zero-order chi connectivity index (χ0) is 24.9. The Balaban J connectivity index is 1.53. The van der Waals surface area contributed by atoms with Gasteiger partial charge in [0.15, 0.2) is 0 Å². The SMILES string of the molecule is O=C(Cn1cc(C(=O)N2CC[C@@H](C(=O)O)[C@H]2c2ccc(F)cc2)ccc1=O)NCc1ccccc1. The first-order chi connectivity index (χ1) is 16.8. The number of carbonyl (C=O) groups is 3. The van der Waals surface area contributed by atoms with E-state index in [2.05, 4.69) is 5.32 Å². The van der Waals surface area contributed by atoms with E-state index in [-0.39, 0.29) is 25.1 Å². The highest BCUT2D eigenvalue weighted by Crippen LogP contribution is 2.38. The first-order valence-electron chi connectivity index (χ1n) is 11.1. The molecule has 2 N–H and O–H groups in total. The second-order valence-electron chi connectivity index (χ2n) is 8.37. The molecule has 3 aromatic rings. The number of halogens is 1. The Morgan fingerprint density at radius 1 is 1.00 bits per heavy atom. The maximum atomic E-state index is 13.4. The first-order valence-corrected chi connectivity index (χ1v) is 11.1. The first kappa shape index (κ1) is 23.9. The summed E-state index contributed by atoms with van der Waals surface area (Å²) in [5, 5.41) is 12.4. The largest absolute Gasteiger partial charge is 0.481 e. The number of nitrogens with one attached hydrogen (secondary N) is 1. The zero-order valence-corrected chi connectivity index (χ0v) is 18.8. The Morgan fingerprint density at radius 3 is 2.40 bits per heavy atom. The number of aromatic nitrogens is 1. The summed E-state index contributed by atoms with van der Waals surface area (Å²) in [6.45, 7) is 0.219. The van der Waals surface area contributed by atoms with Crippen molar-refractivity contribution in [1.29, 1.82) is 0 Å². The fourth-order valence-electron chi connectivity index (χ4n) is 4.31. The maximum Gasteiger partial charge on any atom is 0.309 e. The van der Waals surface area contributed by atoms with Gasteiger partial charge in [0.1, 0.15) is 12.4 Å². The van der Waals surface area contributed by atoms with E-state index in [9.17, 15) is 28.7 Å². The number of hydrogen-bond acceptors (Lipinski definition) is 4. The summed E-state index contributed by atoms with van der Waals surface area (Å²) in [4.78, 5) is 51.4. The number of aliphatic carboxylic acids is 1. The predicted octanol–water partition coefficient (Wildman–Crippen LogP) is 2.59. The zero-order valence-electron chi connectivity index (χ0n) is 18.8. The summed E-state index contributed by atoms with van der Waals surface area (Å²) >= 11 is 0. The molecule has 35 heavy (non-hydrogen) atoms. The number of likely N-dealkylation sites (tertiary alicyclic amines) is 1. The van der Waals surface area contributed by atoms with Crippen molar-refractivity contribution in [3.05, 3.63) is 106 Å². The Morgan fingerprint density at radius 2 is 1.71 bits per heavy atom. The fraction of sp³-hybridized carbons (Fsp3) is 0.231. The molecule has 1 aliphatic rings. The number of rotatable bonds is 7. The van der Waals surface area contributed by atoms with E-state index in [0.29, 0.717) is 12.1 Å². The van der Waals surface area contributed by atoms with Crippen LogP contribution in [0.25, 0.3) is 0 Å². The third-order valence-electron chi connectivity index (χ3n) is 6.06. The van der Waals surface area contributed by atoms with E-state index in [1.54, 1.807) is 0 Å². The van der Waals surface area contributed by atoms with Crippen LogP contribution in [0.4, 0.5) is 4.39 Å². The second-order valence-corrected chi connectivity index (χ2v) is 8.37. The van der Waals surface area contributed by atoms with Crippen LogP contribution in [-0.4, -0.2) is 38.9 Å². The van der Waals surface area contributed by atoms with Crippen LogP contribution >= 0.6 is 0 Å². The van der Waals surface area contributed by atoms with Crippen LogP contribution in [-0.2, 0) is 22.7 Å². The van der Waals surface area contributed by atoms with Crippen LogP contribution in [0.1, 0.15) is 33.9 Å². The van der Waals surface area contributed by atoms with Crippen LogP contribution in [0.3, 0.4) is 0 Å². The van der Waals surface area contributed by atoms with Crippen LogP contribution < -0.4 is 10.9 Å². The normalized spacial score (nSPS) is 17.2. The van der Waals surface area contributed by atoms with Gasteiger partial charge in [-0.15, -0.1) is 0 Å². The van der Waals surface area contributed by atoms with Crippen molar-refractivity contribution in [3.63, 3.8) is 0 Å². The average Bonchev–Trinajstić information content (AvgIpc) is 3.30. The van der Waals surface area contributed by atoms with Crippen molar-refractivity contribution in [2.75, 3.05) is 6.54 Å². The van der Waals surface area contributed by atoms with Crippen LogP contribution in [0, 0.1) is 11.7 Å². The highest BCUT2D eigenvalue weighted by Gasteiger charge is 2.42. The average molecular weight is 477 g/mol. The monoisotopic (exact) mass is 477 g/mol. The molecule has 0 aliphatic carbocycles. The van der Waals surface area contributed by atoms with E-state index in [1.807, 2.05) is 30.3 Å². The number of carboxylic acid groups (broad SMARTS) is 1. The number of hydrogen-bond donors (Lipinski definition) is 2. The lowest BCUT2D eigenvalue weighted by molar-refractivity contribution is -0.142. The molecule has 1 aliphatic heterocycles. The molecule has 0 spiro atoms. The highest BCUT2D eigenvalue weighted by molar-refractivity contribution is 5.95. The van der Waals surface area contributed by atoms with Crippen molar-refractivity contribution < 1.29 is 23.9 Å². The molecule has 1 saturated heterocycles. The lowest BCUT2D eigenvalue weighted by Crippen LogP contribution is -2.35. The number of pyridine rings is 1. The summed E-state index contributed by atoms with van der Waals surface area (Å²) < 4.78 is 14.6. The quantitative estimate of drug-likeness (QED) is 0.544. The van der Waals surface area contributed by atoms with Crippen molar-refractivity contribution in [2.45, 2.75) is 25.6 Å². The number of benzene rings is 2. The van der Waals surface area contributed by atoms with Crippen LogP contribution in [0.5, 0.6) is 0 Å². The standard InChI is InChI=1S/C26H24FN3O5/c27-20-9-6-18(7-10-20)24-21(26(34)35)12-13-30(24)25(33)19-8-11-23(32)29(15-19)16-22(31)28-14-17-4-2-1-3-5-17/h1-11,15,21,24H,12-14,16H2,(H,28,31)(H,34,35)/t21-,24-/m1/s1. The topological polar surface area (TPSA) is 109 Å². The minimum Gasteiger partial charge on any atom is -0.481 e. The van der Waals surface area contributed by atoms with E-state index < -0.39 is 41.1 Å². The minimum absolute atomic E-state index is 0.151. The van der Waals surface area contributed by atoms with Crippen LogP contribution in [0.15, 0.2) is 77.7 Å². The van der Waals surface area contributed by atoms with Crippen molar-refractivity contribution >= 4 is 17.8 Å². The van der Waals surface area contributed by atoms with Crippen molar-refractivity contribution in [3.8, 4) is 0 Å². The molecule has 2 heterocycles. The molecule has 180 valence electrons. The van der Waals surface area contributed by atoms with Gasteiger partial charge in [0.2, 0.25) is 5.91 Å². The molecule has 2 aromatic carbocycles. The van der Waals surface area contributed by atoms with Gasteiger partial charge in [-0.25, -0.2) is 4.39 Å². The molecule has 1 fully saturated rings. The molecule has 1 aromatic heterocycles. The smallest absolute Gasteiger partial charge is 0.309 e. The van der Waals surface area contributed by atoms with Gasteiger partial charge in [-0.2, -0.15) is 0 Å². The number of amides is 2. The van der Waals surface area contributed by atoms with E-state index >= 15 is 0 Å². The van der Waals surface area contributed by atoms with Gasteiger partial charge >= 0.3 is 5.97 Å². The van der Waals surface area contributed by atoms with Crippen molar-refractivity contribution in [2.24, 2.45) is 5.92 Å². The molecule has 8 nitrogen and oxygen atoms in total. The number of nitrogens with zero attached hydrogens (tertiary/aromatic N) is 2. The number of carbonyl (C=O) groups excluding carboxylic acids is 2. The minimum atomic E-state index is -1.05. The summed E-state index contributed by atoms with van der Waals surface area (Å²) in [7, 11) is 0. The summed E-state index contributed by atoms with van der Waals surface area (Å²) in [5.41, 5.74) is 1.12. The Bertz CT molecular complexity index is 1290. The van der Waals surface area contributed by atoms with Gasteiger partial charge < -0.3 is 19.9 Å². The molecular formula is C26H24FN3O5. The highest BCUT2D eigenvalue weighted by atomic mass is 19.1. The molecule has 0 saturated carbocycles. The van der Waals surface area contributed by atoms with Gasteiger partial charge in [0.25, 0.3) is 11.5 Å². The van der Waals surface area contributed by atoms with E-state index in [1.165, 1.54) is 47.5 Å². The van der Waals surface area contributed by atoms with Crippen molar-refractivity contribution in [1.82, 2.24) is 14.8 Å². The molecular weight excluding hydrogens is 453 g/mol. The Kier molecular flexibility index (Phi) is 7.05. The van der Waals surface area contributed by atoms with Gasteiger partial charge in [0, 0.05) is 25.4 Å². The fourth-order valence-corrected chi connectivity index (χ4v) is 4.31. The van der Waals surface area contributed by atoms with Gasteiger partial charge in [0.05, 0.1) is 17.5 Å². The molecule has 9 heteroatoms. The lowest BCUT2D eigenvalue weighted by atomic mass is 9.93. The third-order valence-corrected chi connectivity index (χ3v) is 6.06. The van der Waals surface area contributed by atoms with E-state index in [4.69, 9.17) is 0 Å². The van der Waals surface area contributed by atoms with Gasteiger partial charge in [-0.1, -0.05) is 42.5 Å². The summed E-state index contributed by atoms with van der Waals surface area (Å²) in [6.07, 6.45) is 1.55. The molecule has 0 unspecified atom stereocenters. The van der Waals surface area contributed by atoms with Crippen LogP contribution in [0.2, 0.25) is 0 Å². The molecule has 2 atom stereocenters. The molecule has 4 rings (SSSR count). The number of carboxylic acids is 1. The molecule has 2 amide bonds. The Hall–Kier alpha value is -4.27. The second kappa shape index (κ2) is 10.3. The van der Waals surface area contributed by atoms with E-state index in [0.717, 1.165) is 10.1 Å². The Labute approximate surface area is 200 Å².